The van der Waals surface area contributed by atoms with Crippen molar-refractivity contribution in [2.24, 2.45) is 4.99 Å². The largest absolute Gasteiger partial charge is 0.372 e. The van der Waals surface area contributed by atoms with Crippen molar-refractivity contribution in [1.29, 1.82) is 0 Å². The number of hydrogen-bond donors (Lipinski definition) is 0. The molecule has 0 saturated carbocycles. The van der Waals surface area contributed by atoms with Gasteiger partial charge in [-0.2, -0.15) is 0 Å². The molecule has 15 heavy (non-hydrogen) atoms. The Morgan fingerprint density at radius 1 is 1.40 bits per heavy atom. The van der Waals surface area contributed by atoms with Gasteiger partial charge in [-0.05, 0) is 33.8 Å². The summed E-state index contributed by atoms with van der Waals surface area (Å²) in [6.07, 6.45) is 3.80. The minimum atomic E-state index is 0.0472. The van der Waals surface area contributed by atoms with Gasteiger partial charge in [0.25, 0.3) is 0 Å². The highest BCUT2D eigenvalue weighted by molar-refractivity contribution is 6.33. The fourth-order valence-electron chi connectivity index (χ4n) is 0.915. The molecule has 0 rings (SSSR count). The number of aldehydes is 1. The van der Waals surface area contributed by atoms with Crippen LogP contribution in [0.25, 0.3) is 0 Å². The van der Waals surface area contributed by atoms with Crippen LogP contribution in [0.5, 0.6) is 0 Å². The quantitative estimate of drug-likeness (QED) is 0.525. The topological polar surface area (TPSA) is 32.7 Å². The predicted octanol–water partition coefficient (Wildman–Crippen LogP) is 2.40. The summed E-state index contributed by atoms with van der Waals surface area (Å²) in [7, 11) is 2.00. The lowest BCUT2D eigenvalue weighted by Crippen LogP contribution is -2.36. The molecule has 0 aromatic heterocycles. The zero-order valence-corrected chi connectivity index (χ0v) is 10.2. The van der Waals surface area contributed by atoms with Crippen LogP contribution in [0.1, 0.15) is 27.7 Å². The fourth-order valence-corrected chi connectivity index (χ4v) is 0.915. The van der Waals surface area contributed by atoms with E-state index in [0.717, 1.165) is 5.70 Å². The number of nitrogens with zero attached hydrogens (tertiary/aromatic N) is 2. The molecule has 0 saturated heterocycles. The maximum atomic E-state index is 10.5. The van der Waals surface area contributed by atoms with Crippen molar-refractivity contribution in [2.75, 3.05) is 7.05 Å². The molecule has 0 N–H and O–H groups in total. The molecule has 0 aliphatic rings. The predicted molar refractivity (Wildman–Crippen MR) is 65.0 cm³/mol. The molecule has 0 amide bonds. The van der Waals surface area contributed by atoms with Gasteiger partial charge in [0, 0.05) is 24.5 Å². The Bertz CT molecular complexity index is 285. The van der Waals surface area contributed by atoms with Gasteiger partial charge >= 0.3 is 0 Å². The molecule has 84 valence electrons. The Hall–Kier alpha value is -1.38. The van der Waals surface area contributed by atoms with Crippen molar-refractivity contribution in [3.63, 3.8) is 0 Å². The van der Waals surface area contributed by atoms with Crippen LogP contribution in [-0.2, 0) is 4.79 Å². The van der Waals surface area contributed by atoms with Crippen molar-refractivity contribution in [3.8, 4) is 0 Å². The summed E-state index contributed by atoms with van der Waals surface area (Å²) in [6, 6.07) is 0. The summed E-state index contributed by atoms with van der Waals surface area (Å²) in [5.74, 6) is 0. The Morgan fingerprint density at radius 2 is 1.93 bits per heavy atom. The van der Waals surface area contributed by atoms with E-state index in [2.05, 4.69) is 37.2 Å². The van der Waals surface area contributed by atoms with Crippen LogP contribution < -0.4 is 0 Å². The third kappa shape index (κ3) is 4.58. The number of allylic oxidation sites excluding steroid dienone is 2. The normalized spacial score (nSPS) is 13.7. The molecule has 0 atom stereocenters. The molecule has 0 aromatic carbocycles. The lowest BCUT2D eigenvalue weighted by Gasteiger charge is -2.34. The number of hydrogen-bond acceptors (Lipinski definition) is 3. The van der Waals surface area contributed by atoms with Crippen LogP contribution in [-0.4, -0.2) is 29.5 Å². The Morgan fingerprint density at radius 3 is 2.27 bits per heavy atom. The van der Waals surface area contributed by atoms with E-state index in [0.29, 0.717) is 12.0 Å². The zero-order chi connectivity index (χ0) is 12.1. The van der Waals surface area contributed by atoms with Gasteiger partial charge in [-0.25, -0.2) is 0 Å². The highest BCUT2D eigenvalue weighted by Gasteiger charge is 2.16. The van der Waals surface area contributed by atoms with Crippen LogP contribution in [0.15, 0.2) is 29.5 Å². The van der Waals surface area contributed by atoms with Crippen LogP contribution >= 0.6 is 0 Å². The van der Waals surface area contributed by atoms with Gasteiger partial charge in [-0.1, -0.05) is 6.58 Å². The van der Waals surface area contributed by atoms with Gasteiger partial charge in [0.05, 0.1) is 0 Å². The molecule has 0 aliphatic carbocycles. The van der Waals surface area contributed by atoms with E-state index in [1.165, 1.54) is 6.08 Å². The first-order valence-electron chi connectivity index (χ1n) is 4.89. The highest BCUT2D eigenvalue weighted by atomic mass is 16.1. The van der Waals surface area contributed by atoms with Crippen LogP contribution in [0.2, 0.25) is 0 Å². The van der Waals surface area contributed by atoms with Crippen LogP contribution in [0.3, 0.4) is 0 Å². The number of carbonyl (C=O) groups excluding carboxylic acids is 1. The van der Waals surface area contributed by atoms with Crippen molar-refractivity contribution in [2.45, 2.75) is 33.2 Å². The van der Waals surface area contributed by atoms with E-state index in [1.807, 2.05) is 14.0 Å². The summed E-state index contributed by atoms with van der Waals surface area (Å²) in [6.45, 7) is 11.8. The molecular formula is C12H20N2O. The van der Waals surface area contributed by atoms with Crippen molar-refractivity contribution in [1.82, 2.24) is 4.90 Å². The van der Waals surface area contributed by atoms with E-state index in [1.54, 1.807) is 6.20 Å². The van der Waals surface area contributed by atoms with E-state index in [4.69, 9.17) is 0 Å². The molecule has 0 bridgehead atoms. The Kier molecular flexibility index (Phi) is 4.98. The first-order valence-corrected chi connectivity index (χ1v) is 4.89. The smallest absolute Gasteiger partial charge is 0.168 e. The third-order valence-corrected chi connectivity index (χ3v) is 2.27. The lowest BCUT2D eigenvalue weighted by atomic mass is 10.1. The fraction of sp³-hybridized carbons (Fsp3) is 0.500. The van der Waals surface area contributed by atoms with Gasteiger partial charge in [0.1, 0.15) is 5.71 Å². The summed E-state index contributed by atoms with van der Waals surface area (Å²) in [5, 5.41) is 0. The van der Waals surface area contributed by atoms with E-state index in [9.17, 15) is 4.79 Å². The average molecular weight is 208 g/mol. The summed E-state index contributed by atoms with van der Waals surface area (Å²) in [5.41, 5.74) is 1.39. The van der Waals surface area contributed by atoms with E-state index in [-0.39, 0.29) is 5.54 Å². The molecule has 0 spiro atoms. The molecule has 3 nitrogen and oxygen atoms in total. The van der Waals surface area contributed by atoms with Gasteiger partial charge in [0.15, 0.2) is 6.29 Å². The van der Waals surface area contributed by atoms with E-state index >= 15 is 0 Å². The van der Waals surface area contributed by atoms with Crippen molar-refractivity contribution in [3.05, 3.63) is 24.6 Å². The lowest BCUT2D eigenvalue weighted by molar-refractivity contribution is -0.102. The summed E-state index contributed by atoms with van der Waals surface area (Å²) >= 11 is 0. The van der Waals surface area contributed by atoms with Gasteiger partial charge in [-0.3, -0.25) is 9.79 Å². The van der Waals surface area contributed by atoms with E-state index < -0.39 is 0 Å². The third-order valence-electron chi connectivity index (χ3n) is 2.27. The molecule has 0 fully saturated rings. The standard InChI is InChI=1S/C12H20N2O/c1-7-11(9-15)13-8-10(2)14(6)12(3,4)5/h7-9H,1H2,2-6H3/b10-8+,13-11?. The maximum Gasteiger partial charge on any atom is 0.168 e. The van der Waals surface area contributed by atoms with Crippen LogP contribution in [0, 0.1) is 0 Å². The second kappa shape index (κ2) is 5.49. The zero-order valence-electron chi connectivity index (χ0n) is 10.2. The SMILES string of the molecule is C=CC(C=O)=N/C=C(\C)N(C)C(C)(C)C. The first kappa shape index (κ1) is 13.6. The molecule has 0 heterocycles. The number of carbonyl (C=O) groups is 1. The second-order valence-electron chi connectivity index (χ2n) is 4.38. The van der Waals surface area contributed by atoms with Gasteiger partial charge < -0.3 is 4.90 Å². The van der Waals surface area contributed by atoms with Gasteiger partial charge in [-0.15, -0.1) is 0 Å². The van der Waals surface area contributed by atoms with Crippen LogP contribution in [0.4, 0.5) is 0 Å². The average Bonchev–Trinajstić information content (AvgIpc) is 2.16. The van der Waals surface area contributed by atoms with Gasteiger partial charge in [0.2, 0.25) is 0 Å². The molecule has 0 unspecified atom stereocenters. The van der Waals surface area contributed by atoms with Crippen molar-refractivity contribution < 1.29 is 4.79 Å². The highest BCUT2D eigenvalue weighted by Crippen LogP contribution is 2.16. The number of aliphatic imine (C=N–C) groups is 1. The summed E-state index contributed by atoms with van der Waals surface area (Å²) in [4.78, 5) is 16.6. The van der Waals surface area contributed by atoms with Crippen molar-refractivity contribution >= 4 is 12.0 Å². The number of rotatable bonds is 4. The molecular weight excluding hydrogens is 188 g/mol. The summed E-state index contributed by atoms with van der Waals surface area (Å²) < 4.78 is 0. The maximum absolute atomic E-state index is 10.5. The Balaban J connectivity index is 4.78. The minimum Gasteiger partial charge on any atom is -0.372 e. The minimum absolute atomic E-state index is 0.0472. The first-order chi connectivity index (χ1) is 6.82. The monoisotopic (exact) mass is 208 g/mol. The molecule has 3 heteroatoms. The second-order valence-corrected chi connectivity index (χ2v) is 4.38. The molecule has 0 aromatic rings. The molecule has 0 aliphatic heterocycles. The Labute approximate surface area is 92.2 Å². The molecule has 0 radical (unpaired) electrons.